The molecule has 0 aliphatic carbocycles. The molecular weight excluding hydrogens is 431 g/mol. The lowest BCUT2D eigenvalue weighted by atomic mass is 10.1. The van der Waals surface area contributed by atoms with Gasteiger partial charge in [-0.1, -0.05) is 13.8 Å². The van der Waals surface area contributed by atoms with Gasteiger partial charge in [-0.15, -0.1) is 24.0 Å². The maximum Gasteiger partial charge on any atom is 0.191 e. The molecule has 0 radical (unpaired) electrons. The molecule has 6 nitrogen and oxygen atoms in total. The van der Waals surface area contributed by atoms with Gasteiger partial charge in [0, 0.05) is 39.4 Å². The summed E-state index contributed by atoms with van der Waals surface area (Å²) in [6.07, 6.45) is 3.61. The summed E-state index contributed by atoms with van der Waals surface area (Å²) in [5, 5.41) is 6.68. The van der Waals surface area contributed by atoms with Crippen molar-refractivity contribution >= 4 is 29.9 Å². The van der Waals surface area contributed by atoms with E-state index in [2.05, 4.69) is 36.3 Å². The molecule has 0 amide bonds. The smallest absolute Gasteiger partial charge is 0.191 e. The molecule has 1 aliphatic rings. The molecule has 7 heteroatoms. The number of hydrogen-bond donors (Lipinski definition) is 2. The molecule has 1 fully saturated rings. The maximum absolute atomic E-state index is 5.64. The van der Waals surface area contributed by atoms with E-state index in [0.717, 1.165) is 64.9 Å². The third-order valence-corrected chi connectivity index (χ3v) is 4.26. The zero-order valence-corrected chi connectivity index (χ0v) is 18.9. The number of halogens is 1. The van der Waals surface area contributed by atoms with Crippen LogP contribution in [0.3, 0.4) is 0 Å². The minimum atomic E-state index is 0. The zero-order valence-electron chi connectivity index (χ0n) is 16.6. The molecule has 0 aromatic rings. The Balaban J connectivity index is 0.00000576. The van der Waals surface area contributed by atoms with Crippen LogP contribution < -0.4 is 10.6 Å². The van der Waals surface area contributed by atoms with E-state index >= 15 is 0 Å². The number of methoxy groups -OCH3 is 1. The summed E-state index contributed by atoms with van der Waals surface area (Å²) in [5.74, 6) is 1.59. The fraction of sp³-hybridized carbons (Fsp3) is 0.944. The Bertz CT molecular complexity index is 343. The van der Waals surface area contributed by atoms with Gasteiger partial charge in [-0.25, -0.2) is 0 Å². The average molecular weight is 470 g/mol. The van der Waals surface area contributed by atoms with Crippen molar-refractivity contribution in [2.45, 2.75) is 46.1 Å². The first-order valence-electron chi connectivity index (χ1n) is 9.50. The summed E-state index contributed by atoms with van der Waals surface area (Å²) in [6.45, 7) is 13.6. The second kappa shape index (κ2) is 16.1. The van der Waals surface area contributed by atoms with Crippen LogP contribution in [0.4, 0.5) is 0 Å². The number of likely N-dealkylation sites (tertiary alicyclic amines) is 1. The second-order valence-corrected chi connectivity index (χ2v) is 6.77. The van der Waals surface area contributed by atoms with E-state index in [1.807, 2.05) is 0 Å². The first-order valence-corrected chi connectivity index (χ1v) is 9.50. The molecule has 0 saturated carbocycles. The van der Waals surface area contributed by atoms with Gasteiger partial charge in [0.05, 0.1) is 19.8 Å². The predicted molar refractivity (Wildman–Crippen MR) is 116 cm³/mol. The van der Waals surface area contributed by atoms with Crippen LogP contribution in [-0.2, 0) is 9.47 Å². The van der Waals surface area contributed by atoms with Gasteiger partial charge >= 0.3 is 0 Å². The summed E-state index contributed by atoms with van der Waals surface area (Å²) in [5.41, 5.74) is 0. The van der Waals surface area contributed by atoms with Crippen LogP contribution in [0.2, 0.25) is 0 Å². The normalized spacial score (nSPS) is 18.4. The van der Waals surface area contributed by atoms with Crippen molar-refractivity contribution in [1.82, 2.24) is 15.5 Å². The number of rotatable bonds is 12. The lowest BCUT2D eigenvalue weighted by Gasteiger charge is -2.23. The summed E-state index contributed by atoms with van der Waals surface area (Å²) in [7, 11) is 1.76. The van der Waals surface area contributed by atoms with Crippen LogP contribution >= 0.6 is 24.0 Å². The van der Waals surface area contributed by atoms with E-state index in [-0.39, 0.29) is 24.0 Å². The highest BCUT2D eigenvalue weighted by Crippen LogP contribution is 2.16. The number of aliphatic imine (C=N–C) groups is 1. The fourth-order valence-electron chi connectivity index (χ4n) is 2.81. The number of hydrogen-bond acceptors (Lipinski definition) is 4. The summed E-state index contributed by atoms with van der Waals surface area (Å²) in [6, 6.07) is 0.540. The Kier molecular flexibility index (Phi) is 16.0. The van der Waals surface area contributed by atoms with Crippen molar-refractivity contribution in [2.75, 3.05) is 59.7 Å². The Morgan fingerprint density at radius 1 is 1.24 bits per heavy atom. The highest BCUT2D eigenvalue weighted by molar-refractivity contribution is 14.0. The molecule has 0 aromatic heterocycles. The van der Waals surface area contributed by atoms with Gasteiger partial charge in [-0.05, 0) is 38.6 Å². The number of nitrogens with zero attached hydrogens (tertiary/aromatic N) is 2. The molecule has 2 N–H and O–H groups in total. The van der Waals surface area contributed by atoms with E-state index in [4.69, 9.17) is 14.5 Å². The van der Waals surface area contributed by atoms with Crippen LogP contribution in [0.15, 0.2) is 4.99 Å². The minimum absolute atomic E-state index is 0. The molecular formula is C18H39IN4O2. The third kappa shape index (κ3) is 12.0. The Labute approximate surface area is 171 Å². The summed E-state index contributed by atoms with van der Waals surface area (Å²) in [4.78, 5) is 7.25. The van der Waals surface area contributed by atoms with Gasteiger partial charge < -0.3 is 20.1 Å². The molecule has 0 aromatic carbocycles. The second-order valence-electron chi connectivity index (χ2n) is 6.77. The van der Waals surface area contributed by atoms with Crippen LogP contribution in [-0.4, -0.2) is 76.6 Å². The monoisotopic (exact) mass is 470 g/mol. The van der Waals surface area contributed by atoms with Crippen molar-refractivity contribution in [3.63, 3.8) is 0 Å². The molecule has 1 atom stereocenters. The minimum Gasteiger partial charge on any atom is -0.383 e. The van der Waals surface area contributed by atoms with Gasteiger partial charge in [-0.2, -0.15) is 0 Å². The van der Waals surface area contributed by atoms with Gasteiger partial charge in [0.15, 0.2) is 5.96 Å². The van der Waals surface area contributed by atoms with E-state index < -0.39 is 0 Å². The summed E-state index contributed by atoms with van der Waals surface area (Å²) >= 11 is 0. The molecule has 1 unspecified atom stereocenters. The number of nitrogens with one attached hydrogen (secondary N) is 2. The van der Waals surface area contributed by atoms with Crippen molar-refractivity contribution in [2.24, 2.45) is 10.9 Å². The Morgan fingerprint density at radius 3 is 2.72 bits per heavy atom. The van der Waals surface area contributed by atoms with Crippen molar-refractivity contribution in [3.8, 4) is 0 Å². The van der Waals surface area contributed by atoms with Crippen LogP contribution in [0.1, 0.15) is 40.0 Å². The van der Waals surface area contributed by atoms with E-state index in [1.165, 1.54) is 12.8 Å². The molecule has 0 bridgehead atoms. The van der Waals surface area contributed by atoms with E-state index in [9.17, 15) is 0 Å². The van der Waals surface area contributed by atoms with Gasteiger partial charge in [0.2, 0.25) is 0 Å². The third-order valence-electron chi connectivity index (χ3n) is 4.26. The van der Waals surface area contributed by atoms with Gasteiger partial charge in [0.25, 0.3) is 0 Å². The van der Waals surface area contributed by atoms with Gasteiger partial charge in [0.1, 0.15) is 0 Å². The van der Waals surface area contributed by atoms with Gasteiger partial charge in [-0.3, -0.25) is 9.89 Å². The van der Waals surface area contributed by atoms with Crippen LogP contribution in [0.5, 0.6) is 0 Å². The fourth-order valence-corrected chi connectivity index (χ4v) is 2.81. The quantitative estimate of drug-likeness (QED) is 0.199. The molecule has 0 spiro atoms. The molecule has 1 saturated heterocycles. The molecule has 1 rings (SSSR count). The standard InChI is InChI=1S/C18H38N4O2.HI/c1-5-19-18(20-9-13-24-12-8-16(2)3)21-15-17-7-6-10-22(17)11-14-23-4;/h16-17H,5-15H2,1-4H3,(H2,19,20,21);1H. The highest BCUT2D eigenvalue weighted by Gasteiger charge is 2.23. The first-order chi connectivity index (χ1) is 11.7. The lowest BCUT2D eigenvalue weighted by Crippen LogP contribution is -2.41. The molecule has 150 valence electrons. The Hall–Kier alpha value is -0.120. The van der Waals surface area contributed by atoms with Crippen molar-refractivity contribution in [3.05, 3.63) is 0 Å². The number of ether oxygens (including phenoxy) is 2. The summed E-state index contributed by atoms with van der Waals surface area (Å²) < 4.78 is 10.8. The zero-order chi connectivity index (χ0) is 17.6. The first kappa shape index (κ1) is 24.9. The number of guanidine groups is 1. The van der Waals surface area contributed by atoms with Crippen LogP contribution in [0, 0.1) is 5.92 Å². The average Bonchev–Trinajstić information content (AvgIpc) is 3.00. The molecule has 1 heterocycles. The SMILES string of the molecule is CCNC(=NCC1CCCN1CCOC)NCCOCCC(C)C.I. The van der Waals surface area contributed by atoms with Crippen molar-refractivity contribution < 1.29 is 9.47 Å². The van der Waals surface area contributed by atoms with Crippen LogP contribution in [0.25, 0.3) is 0 Å². The van der Waals surface area contributed by atoms with Crippen molar-refractivity contribution in [1.29, 1.82) is 0 Å². The lowest BCUT2D eigenvalue weighted by molar-refractivity contribution is 0.128. The largest absolute Gasteiger partial charge is 0.383 e. The topological polar surface area (TPSA) is 58.1 Å². The van der Waals surface area contributed by atoms with E-state index in [0.29, 0.717) is 12.0 Å². The molecule has 1 aliphatic heterocycles. The predicted octanol–water partition coefficient (Wildman–Crippen LogP) is 2.33. The molecule has 25 heavy (non-hydrogen) atoms. The van der Waals surface area contributed by atoms with E-state index in [1.54, 1.807) is 7.11 Å². The Morgan fingerprint density at radius 2 is 2.04 bits per heavy atom. The maximum atomic E-state index is 5.64. The highest BCUT2D eigenvalue weighted by atomic mass is 127.